The molecule has 23 heavy (non-hydrogen) atoms. The normalized spacial score (nSPS) is 11.3. The van der Waals surface area contributed by atoms with Crippen LogP contribution >= 0.6 is 23.4 Å². The molecule has 0 radical (unpaired) electrons. The largest absolute Gasteiger partial charge is 0.440 e. The molecule has 0 spiro atoms. The third-order valence-electron chi connectivity index (χ3n) is 3.04. The maximum atomic E-state index is 5.89. The van der Waals surface area contributed by atoms with Crippen LogP contribution in [0.3, 0.4) is 0 Å². The van der Waals surface area contributed by atoms with Crippen LogP contribution in [0.15, 0.2) is 40.0 Å². The fraction of sp³-hybridized carbons (Fsp3) is 0.333. The van der Waals surface area contributed by atoms with E-state index in [0.29, 0.717) is 22.6 Å². The minimum Gasteiger partial charge on any atom is -0.440 e. The van der Waals surface area contributed by atoms with Crippen molar-refractivity contribution in [2.24, 2.45) is 5.92 Å². The molecule has 0 aliphatic carbocycles. The number of thioether (sulfide) groups is 1. The molecule has 2 aromatic heterocycles. The molecule has 8 heteroatoms. The highest BCUT2D eigenvalue weighted by atomic mass is 35.5. The number of hydrogen-bond acceptors (Lipinski definition) is 6. The number of halogens is 1. The second-order valence-electron chi connectivity index (χ2n) is 5.45. The van der Waals surface area contributed by atoms with E-state index in [9.17, 15) is 0 Å². The van der Waals surface area contributed by atoms with Crippen molar-refractivity contribution < 1.29 is 4.42 Å². The Morgan fingerprint density at radius 3 is 2.78 bits per heavy atom. The predicted molar refractivity (Wildman–Crippen MR) is 89.2 cm³/mol. The summed E-state index contributed by atoms with van der Waals surface area (Å²) in [7, 11) is 0. The topological polar surface area (TPSA) is 69.6 Å². The molecule has 0 aliphatic rings. The van der Waals surface area contributed by atoms with Gasteiger partial charge in [0.25, 0.3) is 0 Å². The monoisotopic (exact) mass is 349 g/mol. The van der Waals surface area contributed by atoms with Crippen molar-refractivity contribution in [3.05, 3.63) is 41.4 Å². The summed E-state index contributed by atoms with van der Waals surface area (Å²) in [5.41, 5.74) is 0.947. The minimum absolute atomic E-state index is 0.482. The summed E-state index contributed by atoms with van der Waals surface area (Å²) < 4.78 is 7.58. The molecule has 2 heterocycles. The molecule has 1 aromatic carbocycles. The van der Waals surface area contributed by atoms with E-state index in [1.165, 1.54) is 11.8 Å². The lowest BCUT2D eigenvalue weighted by Crippen LogP contribution is -2.07. The third-order valence-corrected chi connectivity index (χ3v) is 4.24. The second-order valence-corrected chi connectivity index (χ2v) is 6.83. The molecule has 0 amide bonds. The summed E-state index contributed by atoms with van der Waals surface area (Å²) in [6, 6.07) is 7.47. The number of hydrogen-bond donors (Lipinski definition) is 0. The molecule has 120 valence electrons. The van der Waals surface area contributed by atoms with E-state index in [2.05, 4.69) is 34.4 Å². The van der Waals surface area contributed by atoms with Crippen LogP contribution in [0.5, 0.6) is 0 Å². The molecular formula is C15H16ClN5OS. The van der Waals surface area contributed by atoms with Crippen LogP contribution in [0.1, 0.15) is 19.7 Å². The van der Waals surface area contributed by atoms with E-state index < -0.39 is 0 Å². The van der Waals surface area contributed by atoms with Gasteiger partial charge in [-0.1, -0.05) is 37.2 Å². The molecule has 3 rings (SSSR count). The summed E-state index contributed by atoms with van der Waals surface area (Å²) in [6.07, 6.45) is 1.72. The van der Waals surface area contributed by atoms with E-state index in [1.807, 2.05) is 24.3 Å². The molecule has 6 nitrogen and oxygen atoms in total. The quantitative estimate of drug-likeness (QED) is 0.628. The molecule has 0 saturated carbocycles. The van der Waals surface area contributed by atoms with E-state index in [-0.39, 0.29) is 0 Å². The van der Waals surface area contributed by atoms with E-state index >= 15 is 0 Å². The van der Waals surface area contributed by atoms with Crippen LogP contribution in [0.2, 0.25) is 5.02 Å². The lowest BCUT2D eigenvalue weighted by molar-refractivity contribution is 0.445. The maximum absolute atomic E-state index is 5.89. The van der Waals surface area contributed by atoms with E-state index in [1.54, 1.807) is 10.9 Å². The standard InChI is InChI=1S/C15H16ClN5OS/c1-10(2)8-21-15(18-19-20-21)23-9-14-17-7-13(22-14)11-3-5-12(16)6-4-11/h3-7,10H,8-9H2,1-2H3. The first kappa shape index (κ1) is 16.0. The highest BCUT2D eigenvalue weighted by Gasteiger charge is 2.12. The summed E-state index contributed by atoms with van der Waals surface area (Å²) >= 11 is 7.40. The predicted octanol–water partition coefficient (Wildman–Crippen LogP) is 3.93. The molecule has 0 atom stereocenters. The lowest BCUT2D eigenvalue weighted by atomic mass is 10.2. The maximum Gasteiger partial charge on any atom is 0.209 e. The molecular weight excluding hydrogens is 334 g/mol. The summed E-state index contributed by atoms with van der Waals surface area (Å²) in [5, 5.41) is 13.2. The van der Waals surface area contributed by atoms with Gasteiger partial charge < -0.3 is 4.42 Å². The number of benzene rings is 1. The zero-order valence-electron chi connectivity index (χ0n) is 12.8. The molecule has 3 aromatic rings. The number of rotatable bonds is 6. The van der Waals surface area contributed by atoms with Gasteiger partial charge in [-0.2, -0.15) is 0 Å². The van der Waals surface area contributed by atoms with Gasteiger partial charge in [-0.25, -0.2) is 9.67 Å². The van der Waals surface area contributed by atoms with Crippen LogP contribution in [-0.4, -0.2) is 25.2 Å². The van der Waals surface area contributed by atoms with Crippen LogP contribution < -0.4 is 0 Å². The number of nitrogens with zero attached hydrogens (tertiary/aromatic N) is 5. The molecule has 0 aliphatic heterocycles. The van der Waals surface area contributed by atoms with Crippen LogP contribution in [0.25, 0.3) is 11.3 Å². The van der Waals surface area contributed by atoms with Gasteiger partial charge in [-0.05, 0) is 40.6 Å². The highest BCUT2D eigenvalue weighted by molar-refractivity contribution is 7.98. The summed E-state index contributed by atoms with van der Waals surface area (Å²) in [6.45, 7) is 5.04. The van der Waals surface area contributed by atoms with Gasteiger partial charge in [-0.15, -0.1) is 5.10 Å². The smallest absolute Gasteiger partial charge is 0.209 e. The van der Waals surface area contributed by atoms with Crippen molar-refractivity contribution in [3.8, 4) is 11.3 Å². The van der Waals surface area contributed by atoms with Crippen molar-refractivity contribution in [3.63, 3.8) is 0 Å². The van der Waals surface area contributed by atoms with Crippen molar-refractivity contribution in [1.82, 2.24) is 25.2 Å². The summed E-state index contributed by atoms with van der Waals surface area (Å²) in [4.78, 5) is 4.31. The van der Waals surface area contributed by atoms with Gasteiger partial charge in [0.1, 0.15) is 0 Å². The van der Waals surface area contributed by atoms with Gasteiger partial charge >= 0.3 is 0 Å². The van der Waals surface area contributed by atoms with Crippen molar-refractivity contribution in [1.29, 1.82) is 0 Å². The molecule has 0 fully saturated rings. The average Bonchev–Trinajstić information content (AvgIpc) is 3.15. The fourth-order valence-corrected chi connectivity index (χ4v) is 2.88. The Hall–Kier alpha value is -1.86. The molecule has 0 N–H and O–H groups in total. The first-order chi connectivity index (χ1) is 11.1. The Labute approximate surface area is 143 Å². The van der Waals surface area contributed by atoms with Gasteiger partial charge in [-0.3, -0.25) is 0 Å². The average molecular weight is 350 g/mol. The highest BCUT2D eigenvalue weighted by Crippen LogP contribution is 2.25. The summed E-state index contributed by atoms with van der Waals surface area (Å²) in [5.74, 6) is 2.42. The Kier molecular flexibility index (Phi) is 4.97. The molecule has 0 bridgehead atoms. The Bertz CT molecular complexity index is 768. The Morgan fingerprint density at radius 2 is 2.04 bits per heavy atom. The van der Waals surface area contributed by atoms with Gasteiger partial charge in [0.2, 0.25) is 11.0 Å². The van der Waals surface area contributed by atoms with Crippen molar-refractivity contribution >= 4 is 23.4 Å². The minimum atomic E-state index is 0.482. The molecule has 0 saturated heterocycles. The fourth-order valence-electron chi connectivity index (χ4n) is 2.01. The van der Waals surface area contributed by atoms with Crippen molar-refractivity contribution in [2.75, 3.05) is 0 Å². The van der Waals surface area contributed by atoms with Crippen LogP contribution in [0.4, 0.5) is 0 Å². The number of oxazole rings is 1. The van der Waals surface area contributed by atoms with Gasteiger partial charge in [0.15, 0.2) is 5.76 Å². The lowest BCUT2D eigenvalue weighted by Gasteiger charge is -2.05. The Balaban J connectivity index is 1.66. The second kappa shape index (κ2) is 7.14. The van der Waals surface area contributed by atoms with E-state index in [0.717, 1.165) is 23.0 Å². The van der Waals surface area contributed by atoms with Gasteiger partial charge in [0, 0.05) is 17.1 Å². The van der Waals surface area contributed by atoms with Gasteiger partial charge in [0.05, 0.1) is 11.9 Å². The first-order valence-corrected chi connectivity index (χ1v) is 8.58. The Morgan fingerprint density at radius 1 is 1.26 bits per heavy atom. The van der Waals surface area contributed by atoms with Crippen LogP contribution in [0, 0.1) is 5.92 Å². The number of tetrazole rings is 1. The van der Waals surface area contributed by atoms with Crippen LogP contribution in [-0.2, 0) is 12.3 Å². The zero-order valence-corrected chi connectivity index (χ0v) is 14.4. The zero-order chi connectivity index (χ0) is 16.2. The number of aromatic nitrogens is 5. The van der Waals surface area contributed by atoms with Crippen molar-refractivity contribution in [2.45, 2.75) is 31.3 Å². The third kappa shape index (κ3) is 4.11. The molecule has 0 unspecified atom stereocenters. The SMILES string of the molecule is CC(C)Cn1nnnc1SCc1ncc(-c2ccc(Cl)cc2)o1. The van der Waals surface area contributed by atoms with E-state index in [4.69, 9.17) is 16.0 Å². The first-order valence-electron chi connectivity index (χ1n) is 7.21.